The molecule has 2 rings (SSSR count). The minimum absolute atomic E-state index is 0.0643. The molecule has 6 heteroatoms. The van der Waals surface area contributed by atoms with E-state index in [0.717, 1.165) is 22.4 Å². The summed E-state index contributed by atoms with van der Waals surface area (Å²) in [7, 11) is 1.66. The van der Waals surface area contributed by atoms with Crippen LogP contribution in [0.3, 0.4) is 0 Å². The van der Waals surface area contributed by atoms with Gasteiger partial charge >= 0.3 is 0 Å². The third-order valence-electron chi connectivity index (χ3n) is 3.48. The topological polar surface area (TPSA) is 34.9 Å². The van der Waals surface area contributed by atoms with Gasteiger partial charge in [0.2, 0.25) is 0 Å². The van der Waals surface area contributed by atoms with E-state index in [1.54, 1.807) is 7.05 Å². The van der Waals surface area contributed by atoms with Gasteiger partial charge in [0, 0.05) is 34.4 Å². The van der Waals surface area contributed by atoms with Gasteiger partial charge in [0.15, 0.2) is 0 Å². The highest BCUT2D eigenvalue weighted by Gasteiger charge is 2.14. The van der Waals surface area contributed by atoms with Gasteiger partial charge in [0.1, 0.15) is 0 Å². The maximum absolute atomic E-state index is 12.1. The molecule has 3 nitrogen and oxygen atoms in total. The first-order chi connectivity index (χ1) is 10.3. The van der Waals surface area contributed by atoms with Gasteiger partial charge in [-0.1, -0.05) is 53.0 Å². The molecule has 1 aromatic carbocycles. The minimum Gasteiger partial charge on any atom is -0.268 e. The summed E-state index contributed by atoms with van der Waals surface area (Å²) in [6.45, 7) is 3.98. The summed E-state index contributed by atoms with van der Waals surface area (Å²) in [6.07, 6.45) is 0.494. The van der Waals surface area contributed by atoms with Gasteiger partial charge in [0.25, 0.3) is 5.56 Å². The van der Waals surface area contributed by atoms with Crippen molar-refractivity contribution >= 4 is 39.1 Å². The summed E-state index contributed by atoms with van der Waals surface area (Å²) in [4.78, 5) is 12.1. The fraction of sp³-hybridized carbons (Fsp3) is 0.375. The molecule has 0 aliphatic rings. The van der Waals surface area contributed by atoms with Crippen molar-refractivity contribution in [2.75, 3.05) is 0 Å². The van der Waals surface area contributed by atoms with Crippen molar-refractivity contribution in [3.63, 3.8) is 0 Å². The number of hydrogen-bond donors (Lipinski definition) is 0. The second-order valence-electron chi connectivity index (χ2n) is 5.52. The number of benzene rings is 1. The molecule has 118 valence electrons. The zero-order chi connectivity index (χ0) is 16.4. The molecule has 1 heterocycles. The van der Waals surface area contributed by atoms with Crippen LogP contribution in [-0.4, -0.2) is 9.78 Å². The van der Waals surface area contributed by atoms with Crippen LogP contribution in [0.1, 0.15) is 42.1 Å². The molecule has 0 spiro atoms. The smallest absolute Gasteiger partial charge is 0.268 e. The Morgan fingerprint density at radius 2 is 1.82 bits per heavy atom. The number of aromatic nitrogens is 2. The maximum Gasteiger partial charge on any atom is 0.269 e. The van der Waals surface area contributed by atoms with Crippen molar-refractivity contribution in [3.05, 3.63) is 61.0 Å². The molecule has 0 fully saturated rings. The summed E-state index contributed by atoms with van der Waals surface area (Å²) in [5.74, 6) is 0.141. The predicted octanol–water partition coefficient (Wildman–Crippen LogP) is 4.70. The molecule has 0 saturated heterocycles. The number of halogens is 3. The fourth-order valence-electron chi connectivity index (χ4n) is 2.28. The lowest BCUT2D eigenvalue weighted by molar-refractivity contribution is 0.658. The highest BCUT2D eigenvalue weighted by Crippen LogP contribution is 2.29. The zero-order valence-corrected chi connectivity index (χ0v) is 15.8. The van der Waals surface area contributed by atoms with E-state index in [1.807, 2.05) is 32.0 Å². The van der Waals surface area contributed by atoms with Gasteiger partial charge in [-0.05, 0) is 35.2 Å². The van der Waals surface area contributed by atoms with Crippen LogP contribution in [0.2, 0.25) is 10.0 Å². The van der Waals surface area contributed by atoms with E-state index in [-0.39, 0.29) is 11.5 Å². The molecule has 0 atom stereocenters. The first kappa shape index (κ1) is 17.5. The molecule has 0 N–H and O–H groups in total. The molecule has 2 aromatic rings. The summed E-state index contributed by atoms with van der Waals surface area (Å²) < 4.78 is 1.37. The van der Waals surface area contributed by atoms with Crippen molar-refractivity contribution in [1.29, 1.82) is 0 Å². The first-order valence-corrected chi connectivity index (χ1v) is 8.81. The van der Waals surface area contributed by atoms with E-state index in [2.05, 4.69) is 21.0 Å². The molecule has 1 aromatic heterocycles. The minimum atomic E-state index is -0.0643. The van der Waals surface area contributed by atoms with Gasteiger partial charge in [-0.2, -0.15) is 5.10 Å². The number of hydrogen-bond acceptors (Lipinski definition) is 2. The Bertz CT molecular complexity index is 733. The third-order valence-corrected chi connectivity index (χ3v) is 4.80. The van der Waals surface area contributed by atoms with E-state index < -0.39 is 0 Å². The van der Waals surface area contributed by atoms with Gasteiger partial charge in [-0.3, -0.25) is 4.79 Å². The Kier molecular flexibility index (Phi) is 5.70. The number of rotatable bonds is 4. The summed E-state index contributed by atoms with van der Waals surface area (Å²) >= 11 is 16.1. The number of nitrogens with zero attached hydrogens (tertiary/aromatic N) is 2. The molecule has 0 unspecified atom stereocenters. The van der Waals surface area contributed by atoms with Gasteiger partial charge in [0.05, 0.1) is 5.69 Å². The lowest BCUT2D eigenvalue weighted by Gasteiger charge is -2.12. The molecular formula is C16H17BrCl2N2O. The largest absolute Gasteiger partial charge is 0.269 e. The Morgan fingerprint density at radius 1 is 1.23 bits per heavy atom. The SMILES string of the molecule is CC(C)c1cc(Cc2c(Cl)cc(CBr)cc2Cl)nn(C)c1=O. The average Bonchev–Trinajstić information content (AvgIpc) is 2.45. The fourth-order valence-corrected chi connectivity index (χ4v) is 3.27. The molecule has 0 bridgehead atoms. The average molecular weight is 404 g/mol. The van der Waals surface area contributed by atoms with E-state index in [9.17, 15) is 4.79 Å². The molecule has 0 amide bonds. The van der Waals surface area contributed by atoms with Crippen LogP contribution in [0.5, 0.6) is 0 Å². The number of alkyl halides is 1. The summed E-state index contributed by atoms with van der Waals surface area (Å²) in [5, 5.41) is 6.24. The summed E-state index contributed by atoms with van der Waals surface area (Å²) in [5.41, 5.74) is 3.31. The first-order valence-electron chi connectivity index (χ1n) is 6.93. The van der Waals surface area contributed by atoms with Gasteiger partial charge < -0.3 is 0 Å². The molecule has 0 aliphatic carbocycles. The van der Waals surface area contributed by atoms with Crippen molar-refractivity contribution in [3.8, 4) is 0 Å². The molecule has 0 aliphatic heterocycles. The van der Waals surface area contributed by atoms with E-state index in [0.29, 0.717) is 21.8 Å². The van der Waals surface area contributed by atoms with Crippen LogP contribution in [0.15, 0.2) is 23.0 Å². The molecule has 22 heavy (non-hydrogen) atoms. The zero-order valence-electron chi connectivity index (χ0n) is 12.7. The Morgan fingerprint density at radius 3 is 2.32 bits per heavy atom. The normalized spacial score (nSPS) is 11.2. The highest BCUT2D eigenvalue weighted by atomic mass is 79.9. The van der Waals surface area contributed by atoms with Gasteiger partial charge in [-0.15, -0.1) is 0 Å². The van der Waals surface area contributed by atoms with Gasteiger partial charge in [-0.25, -0.2) is 4.68 Å². The highest BCUT2D eigenvalue weighted by molar-refractivity contribution is 9.08. The van der Waals surface area contributed by atoms with Crippen molar-refractivity contribution in [1.82, 2.24) is 9.78 Å². The monoisotopic (exact) mass is 402 g/mol. The van der Waals surface area contributed by atoms with Crippen LogP contribution in [0.25, 0.3) is 0 Å². The van der Waals surface area contributed by atoms with E-state index in [4.69, 9.17) is 23.2 Å². The van der Waals surface area contributed by atoms with Crippen LogP contribution >= 0.6 is 39.1 Å². The maximum atomic E-state index is 12.1. The Labute approximate surface area is 148 Å². The Balaban J connectivity index is 2.46. The third kappa shape index (κ3) is 3.73. The van der Waals surface area contributed by atoms with Crippen LogP contribution in [-0.2, 0) is 18.8 Å². The second kappa shape index (κ2) is 7.16. The van der Waals surface area contributed by atoms with E-state index in [1.165, 1.54) is 4.68 Å². The van der Waals surface area contributed by atoms with Crippen LogP contribution in [0, 0.1) is 0 Å². The lowest BCUT2D eigenvalue weighted by atomic mass is 10.0. The molecule has 0 saturated carbocycles. The molecular weight excluding hydrogens is 387 g/mol. The van der Waals surface area contributed by atoms with E-state index >= 15 is 0 Å². The van der Waals surface area contributed by atoms with Crippen LogP contribution < -0.4 is 5.56 Å². The standard InChI is InChI=1S/C16H17BrCl2N2O/c1-9(2)12-6-11(20-21(3)16(12)22)7-13-14(18)4-10(8-17)5-15(13)19/h4-6,9H,7-8H2,1-3H3. The lowest BCUT2D eigenvalue weighted by Crippen LogP contribution is -2.25. The quantitative estimate of drug-likeness (QED) is 0.693. The van der Waals surface area contributed by atoms with Crippen molar-refractivity contribution in [2.24, 2.45) is 7.05 Å². The molecule has 0 radical (unpaired) electrons. The Hall–Kier alpha value is -0.840. The number of aryl methyl sites for hydroxylation is 1. The van der Waals surface area contributed by atoms with Crippen LogP contribution in [0.4, 0.5) is 0 Å². The van der Waals surface area contributed by atoms with Crippen molar-refractivity contribution < 1.29 is 0 Å². The predicted molar refractivity (Wildman–Crippen MR) is 95.5 cm³/mol. The second-order valence-corrected chi connectivity index (χ2v) is 6.90. The summed E-state index contributed by atoms with van der Waals surface area (Å²) in [6, 6.07) is 5.63. The van der Waals surface area contributed by atoms with Crippen molar-refractivity contribution in [2.45, 2.75) is 31.5 Å².